The maximum Gasteiger partial charge on any atom is 0.431 e. The number of rotatable bonds is 5. The molecule has 4 heteroatoms. The Morgan fingerprint density at radius 1 is 0.938 bits per heavy atom. The van der Waals surface area contributed by atoms with Crippen molar-refractivity contribution in [2.75, 3.05) is 14.2 Å². The fourth-order valence-electron chi connectivity index (χ4n) is 1.75. The lowest BCUT2D eigenvalue weighted by molar-refractivity contribution is 0.165. The lowest BCUT2D eigenvalue weighted by Crippen LogP contribution is -2.68. The molecule has 0 rings (SSSR count). The van der Waals surface area contributed by atoms with Crippen molar-refractivity contribution in [3.63, 3.8) is 0 Å². The Balaban J connectivity index is 5.25. The molecule has 98 valence electrons. The van der Waals surface area contributed by atoms with Crippen LogP contribution in [0.25, 0.3) is 0 Å². The summed E-state index contributed by atoms with van der Waals surface area (Å²) < 4.78 is 11.6. The van der Waals surface area contributed by atoms with Gasteiger partial charge in [-0.1, -0.05) is 27.7 Å². The molecule has 0 bridgehead atoms. The first-order valence-corrected chi connectivity index (χ1v) is 7.73. The highest BCUT2D eigenvalue weighted by molar-refractivity contribution is 6.68. The minimum absolute atomic E-state index is 0.00375. The molecule has 0 aliphatic carbocycles. The first-order valence-electron chi connectivity index (χ1n) is 5.92. The van der Waals surface area contributed by atoms with Gasteiger partial charge >= 0.3 is 8.72 Å². The SMILES string of the molecule is CO[Si](NC(C)(C)C)(OC)C(C)(C)C(C)C. The van der Waals surface area contributed by atoms with Crippen molar-refractivity contribution in [1.29, 1.82) is 0 Å². The molecule has 1 N–H and O–H groups in total. The van der Waals surface area contributed by atoms with Crippen LogP contribution in [0.15, 0.2) is 0 Å². The van der Waals surface area contributed by atoms with Crippen LogP contribution in [0.5, 0.6) is 0 Å². The average molecular weight is 247 g/mol. The molecule has 0 aromatic heterocycles. The van der Waals surface area contributed by atoms with Crippen molar-refractivity contribution in [3.8, 4) is 0 Å². The average Bonchev–Trinajstić information content (AvgIpc) is 2.12. The predicted molar refractivity (Wildman–Crippen MR) is 71.5 cm³/mol. The Labute approximate surface area is 102 Å². The minimum atomic E-state index is -2.42. The third-order valence-electron chi connectivity index (χ3n) is 3.41. The molecule has 0 aliphatic rings. The summed E-state index contributed by atoms with van der Waals surface area (Å²) in [5.74, 6) is 0.494. The minimum Gasteiger partial charge on any atom is -0.386 e. The van der Waals surface area contributed by atoms with Crippen LogP contribution in [0.2, 0.25) is 5.04 Å². The van der Waals surface area contributed by atoms with Crippen LogP contribution in [0.4, 0.5) is 0 Å². The summed E-state index contributed by atoms with van der Waals surface area (Å²) in [4.78, 5) is 3.59. The summed E-state index contributed by atoms with van der Waals surface area (Å²) in [6.45, 7) is 15.3. The van der Waals surface area contributed by atoms with Crippen LogP contribution in [0.3, 0.4) is 0 Å². The highest BCUT2D eigenvalue weighted by Gasteiger charge is 2.55. The Morgan fingerprint density at radius 3 is 1.50 bits per heavy atom. The van der Waals surface area contributed by atoms with Crippen molar-refractivity contribution in [2.45, 2.75) is 59.0 Å². The van der Waals surface area contributed by atoms with Crippen LogP contribution in [0.1, 0.15) is 48.5 Å². The van der Waals surface area contributed by atoms with E-state index in [1.807, 2.05) is 0 Å². The topological polar surface area (TPSA) is 30.5 Å². The van der Waals surface area contributed by atoms with Crippen molar-refractivity contribution in [1.82, 2.24) is 4.98 Å². The maximum absolute atomic E-state index is 5.79. The first-order chi connectivity index (χ1) is 7.02. The van der Waals surface area contributed by atoms with Gasteiger partial charge in [-0.3, -0.25) is 4.98 Å². The third-order valence-corrected chi connectivity index (χ3v) is 7.91. The van der Waals surface area contributed by atoms with Gasteiger partial charge in [0.05, 0.1) is 0 Å². The van der Waals surface area contributed by atoms with E-state index in [4.69, 9.17) is 8.85 Å². The third kappa shape index (κ3) is 3.29. The van der Waals surface area contributed by atoms with Crippen molar-refractivity contribution >= 4 is 8.72 Å². The van der Waals surface area contributed by atoms with Crippen molar-refractivity contribution in [3.05, 3.63) is 0 Å². The van der Waals surface area contributed by atoms with E-state index in [9.17, 15) is 0 Å². The number of nitrogens with one attached hydrogen (secondary N) is 1. The molecule has 16 heavy (non-hydrogen) atoms. The Kier molecular flexibility index (Phi) is 5.20. The lowest BCUT2D eigenvalue weighted by atomic mass is 9.99. The number of hydrogen-bond donors (Lipinski definition) is 1. The Bertz CT molecular complexity index is 218. The second kappa shape index (κ2) is 5.17. The van der Waals surface area contributed by atoms with E-state index < -0.39 is 8.72 Å². The van der Waals surface area contributed by atoms with Gasteiger partial charge in [-0.15, -0.1) is 0 Å². The molecule has 0 aromatic carbocycles. The highest BCUT2D eigenvalue weighted by Crippen LogP contribution is 2.44. The van der Waals surface area contributed by atoms with Crippen molar-refractivity contribution < 1.29 is 8.85 Å². The van der Waals surface area contributed by atoms with Gasteiger partial charge < -0.3 is 8.85 Å². The molecule has 0 amide bonds. The normalized spacial score (nSPS) is 14.6. The molecule has 0 aliphatic heterocycles. The molecular formula is C12H29NO2Si. The zero-order chi connectivity index (χ0) is 13.2. The summed E-state index contributed by atoms with van der Waals surface area (Å²) >= 11 is 0. The molecule has 0 heterocycles. The van der Waals surface area contributed by atoms with Crippen LogP contribution in [0, 0.1) is 5.92 Å². The molecule has 3 nitrogen and oxygen atoms in total. The van der Waals surface area contributed by atoms with Crippen molar-refractivity contribution in [2.24, 2.45) is 5.92 Å². The van der Waals surface area contributed by atoms with E-state index >= 15 is 0 Å². The summed E-state index contributed by atoms with van der Waals surface area (Å²) in [6, 6.07) is 0. The van der Waals surface area contributed by atoms with Gasteiger partial charge in [0.2, 0.25) is 0 Å². The smallest absolute Gasteiger partial charge is 0.386 e. The van der Waals surface area contributed by atoms with Crippen LogP contribution in [-0.4, -0.2) is 28.5 Å². The molecule has 0 saturated carbocycles. The second-order valence-corrected chi connectivity index (χ2v) is 9.86. The van der Waals surface area contributed by atoms with Gasteiger partial charge in [0, 0.05) is 24.8 Å². The molecule has 0 saturated heterocycles. The van der Waals surface area contributed by atoms with Gasteiger partial charge in [0.1, 0.15) is 0 Å². The Hall–Kier alpha value is 0.0969. The fraction of sp³-hybridized carbons (Fsp3) is 1.00. The van der Waals surface area contributed by atoms with Gasteiger partial charge in [-0.25, -0.2) is 0 Å². The van der Waals surface area contributed by atoms with Crippen LogP contribution >= 0.6 is 0 Å². The van der Waals surface area contributed by atoms with Crippen LogP contribution in [-0.2, 0) is 8.85 Å². The van der Waals surface area contributed by atoms with Gasteiger partial charge in [-0.05, 0) is 26.7 Å². The standard InChI is InChI=1S/C12H29NO2Si/c1-10(2)12(6,7)16(14-8,15-9)13-11(3,4)5/h10,13H,1-9H3. The molecule has 0 spiro atoms. The largest absolute Gasteiger partial charge is 0.431 e. The number of hydrogen-bond acceptors (Lipinski definition) is 3. The molecule has 0 radical (unpaired) electrons. The van der Waals surface area contributed by atoms with E-state index in [0.717, 1.165) is 0 Å². The van der Waals surface area contributed by atoms with Gasteiger partial charge in [0.15, 0.2) is 0 Å². The maximum atomic E-state index is 5.79. The summed E-state index contributed by atoms with van der Waals surface area (Å²) in [5, 5.41) is 0.00375. The fourth-order valence-corrected chi connectivity index (χ4v) is 5.24. The molecule has 0 fully saturated rings. The zero-order valence-electron chi connectivity index (χ0n) is 12.4. The molecule has 0 aromatic rings. The first kappa shape index (κ1) is 16.1. The van der Waals surface area contributed by atoms with E-state index in [2.05, 4.69) is 53.4 Å². The van der Waals surface area contributed by atoms with Gasteiger partial charge in [0.25, 0.3) is 0 Å². The molecule has 0 unspecified atom stereocenters. The lowest BCUT2D eigenvalue weighted by Gasteiger charge is -2.46. The van der Waals surface area contributed by atoms with E-state index in [1.165, 1.54) is 0 Å². The molecule has 0 atom stereocenters. The summed E-state index contributed by atoms with van der Waals surface area (Å²) in [6.07, 6.45) is 0. The molecular weight excluding hydrogens is 218 g/mol. The highest BCUT2D eigenvalue weighted by atomic mass is 28.4. The quantitative estimate of drug-likeness (QED) is 0.758. The van der Waals surface area contributed by atoms with Crippen LogP contribution < -0.4 is 4.98 Å². The van der Waals surface area contributed by atoms with Gasteiger partial charge in [-0.2, -0.15) is 0 Å². The second-order valence-electron chi connectivity index (χ2n) is 6.28. The summed E-state index contributed by atoms with van der Waals surface area (Å²) in [7, 11) is 1.08. The van der Waals surface area contributed by atoms with E-state index in [0.29, 0.717) is 5.92 Å². The summed E-state index contributed by atoms with van der Waals surface area (Å²) in [5.41, 5.74) is -0.00952. The zero-order valence-corrected chi connectivity index (χ0v) is 13.4. The predicted octanol–water partition coefficient (Wildman–Crippen LogP) is 3.04. The van der Waals surface area contributed by atoms with E-state index in [1.54, 1.807) is 14.2 Å². The Morgan fingerprint density at radius 2 is 1.31 bits per heavy atom. The monoisotopic (exact) mass is 247 g/mol. The van der Waals surface area contributed by atoms with E-state index in [-0.39, 0.29) is 10.6 Å².